The van der Waals surface area contributed by atoms with Gasteiger partial charge in [-0.15, -0.1) is 0 Å². The zero-order valence-electron chi connectivity index (χ0n) is 14.3. The van der Waals surface area contributed by atoms with Crippen molar-refractivity contribution in [1.29, 1.82) is 0 Å². The molecule has 9 heteroatoms. The molecule has 3 aliphatic heterocycles. The van der Waals surface area contributed by atoms with Crippen LogP contribution in [0.3, 0.4) is 0 Å². The van der Waals surface area contributed by atoms with E-state index in [2.05, 4.69) is 4.99 Å². The Labute approximate surface area is 156 Å². The zero-order chi connectivity index (χ0) is 18.3. The highest BCUT2D eigenvalue weighted by Gasteiger charge is 2.50. The number of amides is 1. The number of rotatable bonds is 3. The van der Waals surface area contributed by atoms with Crippen molar-refractivity contribution in [3.05, 3.63) is 24.3 Å². The van der Waals surface area contributed by atoms with Crippen molar-refractivity contribution in [3.63, 3.8) is 0 Å². The number of carbonyl (C=O) groups is 1. The number of benzene rings is 1. The van der Waals surface area contributed by atoms with Gasteiger partial charge in [-0.2, -0.15) is 4.99 Å². The summed E-state index contributed by atoms with van der Waals surface area (Å²) in [6, 6.07) is 7.13. The second-order valence-electron chi connectivity index (χ2n) is 6.58. The van der Waals surface area contributed by atoms with Gasteiger partial charge in [-0.3, -0.25) is 4.79 Å². The van der Waals surface area contributed by atoms with Crippen LogP contribution in [0.25, 0.3) is 0 Å². The van der Waals surface area contributed by atoms with Crippen LogP contribution in [0.15, 0.2) is 29.3 Å². The minimum atomic E-state index is -3.10. The molecule has 3 saturated heterocycles. The van der Waals surface area contributed by atoms with Gasteiger partial charge in [-0.1, -0.05) is 23.9 Å². The number of sulfone groups is 1. The molecule has 0 aromatic heterocycles. The van der Waals surface area contributed by atoms with Crippen molar-refractivity contribution < 1.29 is 22.7 Å². The SMILES string of the molecule is COc1ccccc1N1C(=NC(=O)[C@@H]2CCCO2)S[C@@H]2CS(=O)(=O)C[C@H]21. The molecule has 0 bridgehead atoms. The zero-order valence-corrected chi connectivity index (χ0v) is 16.0. The molecule has 0 N–H and O–H groups in total. The molecule has 3 atom stereocenters. The molecule has 0 spiro atoms. The first-order chi connectivity index (χ1) is 12.5. The van der Waals surface area contributed by atoms with Crippen LogP contribution >= 0.6 is 11.8 Å². The smallest absolute Gasteiger partial charge is 0.277 e. The predicted molar refractivity (Wildman–Crippen MR) is 101 cm³/mol. The van der Waals surface area contributed by atoms with Crippen LogP contribution < -0.4 is 9.64 Å². The summed E-state index contributed by atoms with van der Waals surface area (Å²) in [5.41, 5.74) is 0.728. The van der Waals surface area contributed by atoms with E-state index in [9.17, 15) is 13.2 Å². The van der Waals surface area contributed by atoms with Gasteiger partial charge in [-0.25, -0.2) is 8.42 Å². The number of methoxy groups -OCH3 is 1. The summed E-state index contributed by atoms with van der Waals surface area (Å²) in [5.74, 6) is 0.472. The Morgan fingerprint density at radius 2 is 2.15 bits per heavy atom. The number of amidine groups is 1. The molecular weight excluding hydrogens is 376 g/mol. The Hall–Kier alpha value is -1.58. The van der Waals surface area contributed by atoms with Gasteiger partial charge in [0.05, 0.1) is 30.3 Å². The van der Waals surface area contributed by atoms with E-state index in [4.69, 9.17) is 9.47 Å². The Bertz CT molecular complexity index is 848. The third kappa shape index (κ3) is 3.23. The molecular formula is C17H20N2O5S2. The van der Waals surface area contributed by atoms with E-state index in [1.54, 1.807) is 7.11 Å². The number of para-hydroxylation sites is 2. The number of fused-ring (bicyclic) bond motifs is 1. The van der Waals surface area contributed by atoms with E-state index < -0.39 is 15.9 Å². The van der Waals surface area contributed by atoms with Gasteiger partial charge >= 0.3 is 0 Å². The lowest BCUT2D eigenvalue weighted by molar-refractivity contribution is -0.126. The van der Waals surface area contributed by atoms with Crippen molar-refractivity contribution in [2.45, 2.75) is 30.2 Å². The quantitative estimate of drug-likeness (QED) is 0.765. The van der Waals surface area contributed by atoms with Crippen molar-refractivity contribution in [3.8, 4) is 5.75 Å². The minimum Gasteiger partial charge on any atom is -0.495 e. The van der Waals surface area contributed by atoms with Gasteiger partial charge in [-0.05, 0) is 25.0 Å². The lowest BCUT2D eigenvalue weighted by Crippen LogP contribution is -2.38. The van der Waals surface area contributed by atoms with Crippen LogP contribution in [-0.4, -0.2) is 62.1 Å². The van der Waals surface area contributed by atoms with Crippen LogP contribution in [0.5, 0.6) is 5.75 Å². The molecule has 0 unspecified atom stereocenters. The maximum atomic E-state index is 12.5. The van der Waals surface area contributed by atoms with Gasteiger partial charge < -0.3 is 14.4 Å². The number of carbonyl (C=O) groups excluding carboxylic acids is 1. The Kier molecular flexibility index (Phi) is 4.70. The number of anilines is 1. The van der Waals surface area contributed by atoms with Crippen molar-refractivity contribution in [2.75, 3.05) is 30.1 Å². The Morgan fingerprint density at radius 1 is 1.35 bits per heavy atom. The fraction of sp³-hybridized carbons (Fsp3) is 0.529. The lowest BCUT2D eigenvalue weighted by Gasteiger charge is -2.26. The standard InChI is InChI=1S/C17H20N2O5S2/c1-23-13-6-3-2-5-11(13)19-12-9-26(21,22)10-15(12)25-17(19)18-16(20)14-7-4-8-24-14/h2-3,5-6,12,14-15H,4,7-10H2,1H3/t12-,14+,15-/m1/s1. The normalized spacial score (nSPS) is 31.3. The van der Waals surface area contributed by atoms with Crippen molar-refractivity contribution in [2.24, 2.45) is 4.99 Å². The lowest BCUT2D eigenvalue weighted by atomic mass is 10.2. The summed E-state index contributed by atoms with van der Waals surface area (Å²) in [6.07, 6.45) is 1.04. The van der Waals surface area contributed by atoms with Gasteiger partial charge in [0, 0.05) is 11.9 Å². The molecule has 4 rings (SSSR count). The van der Waals surface area contributed by atoms with E-state index in [-0.39, 0.29) is 28.7 Å². The molecule has 1 amide bonds. The first-order valence-corrected chi connectivity index (χ1v) is 11.2. The fourth-order valence-electron chi connectivity index (χ4n) is 3.61. The molecule has 140 valence electrons. The third-order valence-electron chi connectivity index (χ3n) is 4.82. The van der Waals surface area contributed by atoms with Crippen LogP contribution in [0, 0.1) is 0 Å². The molecule has 3 fully saturated rings. The van der Waals surface area contributed by atoms with Gasteiger partial charge in [0.15, 0.2) is 15.0 Å². The number of hydrogen-bond acceptors (Lipinski definition) is 6. The molecule has 26 heavy (non-hydrogen) atoms. The van der Waals surface area contributed by atoms with Gasteiger partial charge in [0.1, 0.15) is 11.9 Å². The van der Waals surface area contributed by atoms with Crippen LogP contribution in [0.1, 0.15) is 12.8 Å². The largest absolute Gasteiger partial charge is 0.495 e. The Balaban J connectivity index is 1.72. The minimum absolute atomic E-state index is 0.0514. The summed E-state index contributed by atoms with van der Waals surface area (Å²) in [4.78, 5) is 18.6. The molecule has 0 radical (unpaired) electrons. The summed E-state index contributed by atoms with van der Waals surface area (Å²) < 4.78 is 35.1. The van der Waals surface area contributed by atoms with Crippen molar-refractivity contribution in [1.82, 2.24) is 0 Å². The Morgan fingerprint density at radius 3 is 2.88 bits per heavy atom. The summed E-state index contributed by atoms with van der Waals surface area (Å²) in [6.45, 7) is 0.577. The van der Waals surface area contributed by atoms with Gasteiger partial charge in [0.25, 0.3) is 5.91 Å². The second-order valence-corrected chi connectivity index (χ2v) is 9.94. The number of nitrogens with zero attached hydrogens (tertiary/aromatic N) is 2. The molecule has 3 aliphatic rings. The highest BCUT2D eigenvalue weighted by Crippen LogP contribution is 2.43. The van der Waals surface area contributed by atoms with Crippen LogP contribution in [0.4, 0.5) is 5.69 Å². The molecule has 1 aromatic carbocycles. The van der Waals surface area contributed by atoms with Gasteiger partial charge in [0.2, 0.25) is 0 Å². The summed E-state index contributed by atoms with van der Waals surface area (Å²) in [7, 11) is -1.53. The topological polar surface area (TPSA) is 85.3 Å². The predicted octanol–water partition coefficient (Wildman–Crippen LogP) is 1.48. The van der Waals surface area contributed by atoms with E-state index in [1.807, 2.05) is 29.2 Å². The van der Waals surface area contributed by atoms with Crippen LogP contribution in [0.2, 0.25) is 0 Å². The number of aliphatic imine (C=N–C) groups is 1. The molecule has 1 aromatic rings. The van der Waals surface area contributed by atoms with E-state index >= 15 is 0 Å². The number of ether oxygens (including phenoxy) is 2. The maximum absolute atomic E-state index is 12.5. The maximum Gasteiger partial charge on any atom is 0.277 e. The summed E-state index contributed by atoms with van der Waals surface area (Å²) in [5, 5.41) is 0.390. The van der Waals surface area contributed by atoms with E-state index in [0.29, 0.717) is 23.9 Å². The first kappa shape index (κ1) is 17.8. The van der Waals surface area contributed by atoms with E-state index in [0.717, 1.165) is 12.1 Å². The van der Waals surface area contributed by atoms with Crippen molar-refractivity contribution >= 4 is 38.4 Å². The molecule has 7 nitrogen and oxygen atoms in total. The average molecular weight is 396 g/mol. The molecule has 0 saturated carbocycles. The first-order valence-electron chi connectivity index (χ1n) is 8.52. The fourth-order valence-corrected chi connectivity index (χ4v) is 7.53. The summed E-state index contributed by atoms with van der Waals surface area (Å²) >= 11 is 1.36. The highest BCUT2D eigenvalue weighted by atomic mass is 32.2. The number of hydrogen-bond donors (Lipinski definition) is 0. The molecule has 0 aliphatic carbocycles. The third-order valence-corrected chi connectivity index (χ3v) is 8.03. The molecule has 3 heterocycles. The number of thioether (sulfide) groups is 1. The second kappa shape index (κ2) is 6.86. The average Bonchev–Trinajstić information content (AvgIpc) is 3.29. The van der Waals surface area contributed by atoms with E-state index in [1.165, 1.54) is 11.8 Å². The van der Waals surface area contributed by atoms with Crippen LogP contribution in [-0.2, 0) is 19.4 Å². The highest BCUT2D eigenvalue weighted by molar-refractivity contribution is 8.16. The monoisotopic (exact) mass is 396 g/mol.